The Morgan fingerprint density at radius 3 is 2.30 bits per heavy atom. The normalized spacial score (nSPS) is 32.8. The Kier molecular flexibility index (Phi) is 6.47. The van der Waals surface area contributed by atoms with Crippen LogP contribution in [0.15, 0.2) is 42.1 Å². The Balaban J connectivity index is 1.12. The summed E-state index contributed by atoms with van der Waals surface area (Å²) < 4.78 is 0. The van der Waals surface area contributed by atoms with E-state index < -0.39 is 0 Å². The molecule has 1 atom stereocenters. The molecule has 4 bridgehead atoms. The van der Waals surface area contributed by atoms with Gasteiger partial charge >= 0.3 is 0 Å². The first-order chi connectivity index (χ1) is 16.0. The zero-order chi connectivity index (χ0) is 22.8. The molecule has 1 amide bonds. The van der Waals surface area contributed by atoms with E-state index in [4.69, 9.17) is 0 Å². The number of hydrogen-bond acceptors (Lipinski definition) is 4. The van der Waals surface area contributed by atoms with Crippen LogP contribution in [0.5, 0.6) is 0 Å². The second-order valence-corrected chi connectivity index (χ2v) is 11.3. The largest absolute Gasteiger partial charge is 0.387 e. The van der Waals surface area contributed by atoms with E-state index in [-0.39, 0.29) is 22.9 Å². The first kappa shape index (κ1) is 22.5. The molecule has 0 aromatic heterocycles. The summed E-state index contributed by atoms with van der Waals surface area (Å²) in [5.74, 6) is 2.36. The third kappa shape index (κ3) is 4.96. The average molecular weight is 447 g/mol. The van der Waals surface area contributed by atoms with Gasteiger partial charge in [-0.25, -0.2) is 0 Å². The monoisotopic (exact) mass is 446 g/mol. The van der Waals surface area contributed by atoms with Crippen LogP contribution >= 0.6 is 0 Å². The number of likely N-dealkylation sites (tertiary alicyclic amines) is 1. The number of rotatable bonds is 7. The van der Waals surface area contributed by atoms with Crippen molar-refractivity contribution in [3.05, 3.63) is 47.7 Å². The zero-order valence-electron chi connectivity index (χ0n) is 19.9. The van der Waals surface area contributed by atoms with Crippen molar-refractivity contribution in [1.29, 1.82) is 5.26 Å². The fraction of sp³-hybridized carbons (Fsp3) is 0.643. The Hall–Kier alpha value is -2.32. The maximum atomic E-state index is 13.0. The molecule has 1 saturated heterocycles. The molecule has 5 heteroatoms. The predicted octanol–water partition coefficient (Wildman–Crippen LogP) is 4.37. The number of piperidine rings is 1. The Bertz CT molecular complexity index is 874. The van der Waals surface area contributed by atoms with Crippen molar-refractivity contribution in [3.63, 3.8) is 0 Å². The Morgan fingerprint density at radius 1 is 1.12 bits per heavy atom. The summed E-state index contributed by atoms with van der Waals surface area (Å²) in [7, 11) is 0. The highest BCUT2D eigenvalue weighted by Crippen LogP contribution is 2.61. The molecule has 1 heterocycles. The lowest BCUT2D eigenvalue weighted by atomic mass is 9.48. The van der Waals surface area contributed by atoms with Crippen molar-refractivity contribution in [2.45, 2.75) is 76.9 Å². The molecule has 1 aromatic rings. The Morgan fingerprint density at radius 2 is 1.73 bits per heavy atom. The lowest BCUT2D eigenvalue weighted by Crippen LogP contribution is -2.56. The number of amides is 1. The zero-order valence-corrected chi connectivity index (χ0v) is 19.9. The molecular formula is C28H38N4O. The minimum atomic E-state index is -0.213. The van der Waals surface area contributed by atoms with Crippen molar-refractivity contribution in [2.24, 2.45) is 23.2 Å². The van der Waals surface area contributed by atoms with Crippen LogP contribution < -0.4 is 10.6 Å². The van der Waals surface area contributed by atoms with Crippen molar-refractivity contribution in [3.8, 4) is 6.07 Å². The molecule has 4 saturated carbocycles. The van der Waals surface area contributed by atoms with E-state index in [1.54, 1.807) is 6.20 Å². The number of carbonyl (C=O) groups is 1. The van der Waals surface area contributed by atoms with Gasteiger partial charge in [-0.05, 0) is 87.0 Å². The van der Waals surface area contributed by atoms with Gasteiger partial charge in [0.15, 0.2) is 0 Å². The number of hydrogen-bond donors (Lipinski definition) is 2. The van der Waals surface area contributed by atoms with Crippen LogP contribution in [0.25, 0.3) is 0 Å². The minimum Gasteiger partial charge on any atom is -0.387 e. The van der Waals surface area contributed by atoms with Gasteiger partial charge in [-0.15, -0.1) is 0 Å². The molecule has 2 N–H and O–H groups in total. The molecular weight excluding hydrogens is 408 g/mol. The molecule has 5 aliphatic rings. The summed E-state index contributed by atoms with van der Waals surface area (Å²) in [6.45, 7) is 5.21. The topological polar surface area (TPSA) is 68.2 Å². The molecule has 1 unspecified atom stereocenters. The second kappa shape index (κ2) is 9.50. The highest BCUT2D eigenvalue weighted by molar-refractivity contribution is 5.97. The van der Waals surface area contributed by atoms with Gasteiger partial charge in [0.2, 0.25) is 0 Å². The maximum Gasteiger partial charge on any atom is 0.263 e. The summed E-state index contributed by atoms with van der Waals surface area (Å²) in [6, 6.07) is 13.2. The summed E-state index contributed by atoms with van der Waals surface area (Å²) >= 11 is 0. The van der Waals surface area contributed by atoms with Gasteiger partial charge in [0.25, 0.3) is 5.91 Å². The van der Waals surface area contributed by atoms with E-state index in [9.17, 15) is 10.1 Å². The highest BCUT2D eigenvalue weighted by Gasteiger charge is 2.53. The van der Waals surface area contributed by atoms with Gasteiger partial charge in [0, 0.05) is 37.9 Å². The molecule has 0 spiro atoms. The number of nitriles is 1. The van der Waals surface area contributed by atoms with Crippen molar-refractivity contribution >= 4 is 5.91 Å². The van der Waals surface area contributed by atoms with Crippen LogP contribution in [0.2, 0.25) is 0 Å². The fourth-order valence-electron chi connectivity index (χ4n) is 7.58. The van der Waals surface area contributed by atoms with Crippen molar-refractivity contribution in [2.75, 3.05) is 13.1 Å². The number of benzene rings is 1. The van der Waals surface area contributed by atoms with Crippen LogP contribution in [0, 0.1) is 34.5 Å². The minimum absolute atomic E-state index is 0.136. The molecule has 4 aliphatic carbocycles. The Labute approximate surface area is 198 Å². The van der Waals surface area contributed by atoms with Gasteiger partial charge in [-0.2, -0.15) is 5.26 Å². The number of nitrogens with zero attached hydrogens (tertiary/aromatic N) is 2. The first-order valence-corrected chi connectivity index (χ1v) is 13.0. The third-order valence-corrected chi connectivity index (χ3v) is 9.02. The van der Waals surface area contributed by atoms with Crippen molar-refractivity contribution < 1.29 is 4.79 Å². The van der Waals surface area contributed by atoms with Crippen LogP contribution in [-0.4, -0.2) is 36.0 Å². The molecule has 176 valence electrons. The quantitative estimate of drug-likeness (QED) is 0.482. The van der Waals surface area contributed by atoms with Crippen molar-refractivity contribution in [1.82, 2.24) is 15.5 Å². The molecule has 0 radical (unpaired) electrons. The summed E-state index contributed by atoms with van der Waals surface area (Å²) in [5.41, 5.74) is 1.81. The number of nitrogens with one attached hydrogen (secondary N) is 2. The lowest BCUT2D eigenvalue weighted by Gasteiger charge is -2.59. The predicted molar refractivity (Wildman–Crippen MR) is 130 cm³/mol. The molecule has 6 rings (SSSR count). The smallest absolute Gasteiger partial charge is 0.263 e. The molecule has 5 nitrogen and oxygen atoms in total. The summed E-state index contributed by atoms with van der Waals surface area (Å²) in [4.78, 5) is 15.4. The molecule has 1 aromatic carbocycles. The van der Waals surface area contributed by atoms with Gasteiger partial charge in [0.1, 0.15) is 11.6 Å². The maximum absolute atomic E-state index is 13.0. The summed E-state index contributed by atoms with van der Waals surface area (Å²) in [5, 5.41) is 16.3. The van der Waals surface area contributed by atoms with Gasteiger partial charge in [-0.1, -0.05) is 30.3 Å². The van der Waals surface area contributed by atoms with Crippen LogP contribution in [0.1, 0.15) is 63.9 Å². The standard InChI is InChI=1S/C28H38N4O/c1-20(28-14-22-11-23(15-28)13-24(12-22)16-28)31-27(33)25(17-29)18-30-26-7-9-32(10-8-26)19-21-5-3-2-4-6-21/h2-6,18,20,22-24,26,30H,7-16,19H2,1H3,(H,31,33)/b25-18-. The first-order valence-electron chi connectivity index (χ1n) is 13.0. The van der Waals surface area contributed by atoms with Crippen LogP contribution in [0.3, 0.4) is 0 Å². The van der Waals surface area contributed by atoms with Crippen LogP contribution in [0.4, 0.5) is 0 Å². The van der Waals surface area contributed by atoms with Crippen LogP contribution in [-0.2, 0) is 11.3 Å². The molecule has 1 aliphatic heterocycles. The molecule has 5 fully saturated rings. The third-order valence-electron chi connectivity index (χ3n) is 9.02. The van der Waals surface area contributed by atoms with E-state index in [2.05, 4.69) is 58.9 Å². The van der Waals surface area contributed by atoms with Gasteiger partial charge < -0.3 is 10.6 Å². The SMILES string of the molecule is CC(NC(=O)/C(C#N)=C\NC1CCN(Cc2ccccc2)CC1)C12CC3CC(CC(C3)C1)C2. The lowest BCUT2D eigenvalue weighted by molar-refractivity contribution is -0.122. The second-order valence-electron chi connectivity index (χ2n) is 11.3. The van der Waals surface area contributed by atoms with E-state index >= 15 is 0 Å². The van der Waals surface area contributed by atoms with E-state index in [1.807, 2.05) is 0 Å². The average Bonchev–Trinajstić information content (AvgIpc) is 2.80. The molecule has 33 heavy (non-hydrogen) atoms. The number of carbonyl (C=O) groups excluding carboxylic acids is 1. The van der Waals surface area contributed by atoms with E-state index in [1.165, 1.54) is 44.1 Å². The van der Waals surface area contributed by atoms with Gasteiger partial charge in [0.05, 0.1) is 0 Å². The van der Waals surface area contributed by atoms with E-state index in [0.717, 1.165) is 50.2 Å². The summed E-state index contributed by atoms with van der Waals surface area (Å²) in [6.07, 6.45) is 11.7. The van der Waals surface area contributed by atoms with Gasteiger partial charge in [-0.3, -0.25) is 9.69 Å². The highest BCUT2D eigenvalue weighted by atomic mass is 16.1. The fourth-order valence-corrected chi connectivity index (χ4v) is 7.58. The van der Waals surface area contributed by atoms with E-state index in [0.29, 0.717) is 6.04 Å².